The third kappa shape index (κ3) is 4.47. The van der Waals surface area contributed by atoms with Crippen molar-refractivity contribution in [3.63, 3.8) is 0 Å². The lowest BCUT2D eigenvalue weighted by Crippen LogP contribution is -2.31. The normalized spacial score (nSPS) is 18.2. The Hall–Kier alpha value is -2.78. The molecular formula is C22H19BrFN3O3S. The summed E-state index contributed by atoms with van der Waals surface area (Å²) in [5, 5.41) is 3.76. The van der Waals surface area contributed by atoms with Crippen LogP contribution in [-0.4, -0.2) is 34.6 Å². The quantitative estimate of drug-likeness (QED) is 0.383. The van der Waals surface area contributed by atoms with E-state index in [1.165, 1.54) is 13.2 Å². The number of thiocarbonyl (C=S) groups is 1. The summed E-state index contributed by atoms with van der Waals surface area (Å²) in [6.07, 6.45) is 1.87. The minimum atomic E-state index is -0.390. The van der Waals surface area contributed by atoms with Crippen LogP contribution in [0.3, 0.4) is 0 Å². The highest BCUT2D eigenvalue weighted by Crippen LogP contribution is 2.40. The Labute approximate surface area is 192 Å². The van der Waals surface area contributed by atoms with Crippen LogP contribution in [0.2, 0.25) is 0 Å². The second kappa shape index (κ2) is 9.15. The van der Waals surface area contributed by atoms with Crippen LogP contribution < -0.4 is 5.32 Å². The van der Waals surface area contributed by atoms with Crippen LogP contribution in [0, 0.1) is 5.82 Å². The molecule has 0 radical (unpaired) electrons. The van der Waals surface area contributed by atoms with Gasteiger partial charge in [-0.1, -0.05) is 22.0 Å². The molecule has 3 heterocycles. The zero-order valence-corrected chi connectivity index (χ0v) is 19.0. The Morgan fingerprint density at radius 3 is 2.87 bits per heavy atom. The molecule has 0 aliphatic carbocycles. The van der Waals surface area contributed by atoms with E-state index in [1.54, 1.807) is 30.5 Å². The topological polar surface area (TPSA) is 67.6 Å². The Balaban J connectivity index is 1.70. The number of benzene rings is 1. The Kier molecular flexibility index (Phi) is 6.33. The van der Waals surface area contributed by atoms with Gasteiger partial charge in [-0.05, 0) is 54.7 Å². The van der Waals surface area contributed by atoms with Gasteiger partial charge in [0.05, 0.1) is 30.8 Å². The Morgan fingerprint density at radius 1 is 1.32 bits per heavy atom. The molecule has 1 aliphatic heterocycles. The van der Waals surface area contributed by atoms with E-state index in [0.717, 1.165) is 5.69 Å². The SMILES string of the molecule is COC(=O)CCN1C(=S)N[C@H](c2ccccn2)[C@H]1c1ccc(-c2ccc(Br)cc2F)o1. The van der Waals surface area contributed by atoms with Crippen molar-refractivity contribution >= 4 is 39.2 Å². The van der Waals surface area contributed by atoms with Gasteiger partial charge in [-0.2, -0.15) is 0 Å². The average Bonchev–Trinajstić information content (AvgIpc) is 3.37. The van der Waals surface area contributed by atoms with Crippen molar-refractivity contribution in [2.75, 3.05) is 13.7 Å². The van der Waals surface area contributed by atoms with E-state index in [9.17, 15) is 9.18 Å². The molecule has 1 saturated heterocycles. The molecule has 0 saturated carbocycles. The second-order valence-electron chi connectivity index (χ2n) is 6.97. The highest BCUT2D eigenvalue weighted by molar-refractivity contribution is 9.10. The molecule has 0 bridgehead atoms. The second-order valence-corrected chi connectivity index (χ2v) is 8.27. The van der Waals surface area contributed by atoms with Gasteiger partial charge in [0.1, 0.15) is 23.4 Å². The van der Waals surface area contributed by atoms with E-state index in [2.05, 4.69) is 26.2 Å². The van der Waals surface area contributed by atoms with Gasteiger partial charge in [0.15, 0.2) is 5.11 Å². The Morgan fingerprint density at radius 2 is 2.16 bits per heavy atom. The van der Waals surface area contributed by atoms with Gasteiger partial charge in [0.2, 0.25) is 0 Å². The standard InChI is InChI=1S/C22H19BrFN3O3S/c1-29-19(28)9-11-27-21(20(26-22(27)31)16-4-2-3-10-25-16)18-8-7-17(30-18)14-6-5-13(23)12-15(14)24/h2-8,10,12,20-21H,9,11H2,1H3,(H,26,31)/t20-,21-/m1/s1. The predicted molar refractivity (Wildman–Crippen MR) is 121 cm³/mol. The number of furan rings is 1. The molecule has 1 N–H and O–H groups in total. The van der Waals surface area contributed by atoms with Crippen LogP contribution in [0.5, 0.6) is 0 Å². The van der Waals surface area contributed by atoms with Gasteiger partial charge in [-0.3, -0.25) is 9.78 Å². The van der Waals surface area contributed by atoms with Crippen LogP contribution in [0.15, 0.2) is 63.6 Å². The van der Waals surface area contributed by atoms with Crippen molar-refractivity contribution in [2.24, 2.45) is 0 Å². The van der Waals surface area contributed by atoms with Crippen molar-refractivity contribution in [3.05, 3.63) is 76.5 Å². The smallest absolute Gasteiger partial charge is 0.307 e. The van der Waals surface area contributed by atoms with E-state index in [1.807, 2.05) is 23.1 Å². The number of hydrogen-bond acceptors (Lipinski definition) is 5. The summed E-state index contributed by atoms with van der Waals surface area (Å²) >= 11 is 8.81. The number of ether oxygens (including phenoxy) is 1. The van der Waals surface area contributed by atoms with Gasteiger partial charge in [0, 0.05) is 17.2 Å². The van der Waals surface area contributed by atoms with E-state index in [0.29, 0.717) is 33.2 Å². The average molecular weight is 504 g/mol. The molecule has 4 rings (SSSR count). The summed E-state index contributed by atoms with van der Waals surface area (Å²) in [7, 11) is 1.35. The highest BCUT2D eigenvalue weighted by Gasteiger charge is 2.41. The first-order valence-electron chi connectivity index (χ1n) is 9.58. The number of carbonyl (C=O) groups is 1. The predicted octanol–water partition coefficient (Wildman–Crippen LogP) is 4.78. The van der Waals surface area contributed by atoms with E-state index >= 15 is 0 Å². The third-order valence-electron chi connectivity index (χ3n) is 5.10. The summed E-state index contributed by atoms with van der Waals surface area (Å²) < 4.78 is 26.0. The zero-order valence-electron chi connectivity index (χ0n) is 16.5. The molecule has 6 nitrogen and oxygen atoms in total. The van der Waals surface area contributed by atoms with Gasteiger partial charge in [-0.25, -0.2) is 4.39 Å². The summed E-state index contributed by atoms with van der Waals surface area (Å²) in [6.45, 7) is 0.342. The molecule has 0 unspecified atom stereocenters. The molecule has 2 aromatic heterocycles. The number of hydrogen-bond donors (Lipinski definition) is 1. The van der Waals surface area contributed by atoms with Crippen molar-refractivity contribution < 1.29 is 18.3 Å². The number of aromatic nitrogens is 1. The van der Waals surface area contributed by atoms with Gasteiger partial charge < -0.3 is 19.4 Å². The van der Waals surface area contributed by atoms with Crippen molar-refractivity contribution in [1.29, 1.82) is 0 Å². The van der Waals surface area contributed by atoms with Crippen molar-refractivity contribution in [2.45, 2.75) is 18.5 Å². The largest absolute Gasteiger partial charge is 0.469 e. The fraction of sp³-hybridized carbons (Fsp3) is 0.227. The molecule has 1 fully saturated rings. The fourth-order valence-electron chi connectivity index (χ4n) is 3.61. The number of pyridine rings is 1. The molecule has 1 aromatic carbocycles. The first-order chi connectivity index (χ1) is 15.0. The van der Waals surface area contributed by atoms with Crippen LogP contribution >= 0.6 is 28.1 Å². The first kappa shape index (κ1) is 21.5. The molecule has 2 atom stereocenters. The van der Waals surface area contributed by atoms with Gasteiger partial charge in [-0.15, -0.1) is 0 Å². The number of rotatable bonds is 6. The summed E-state index contributed by atoms with van der Waals surface area (Å²) in [6, 6.07) is 13.3. The van der Waals surface area contributed by atoms with Crippen molar-refractivity contribution in [3.8, 4) is 11.3 Å². The Bertz CT molecular complexity index is 1110. The van der Waals surface area contributed by atoms with Crippen LogP contribution in [-0.2, 0) is 9.53 Å². The molecule has 9 heteroatoms. The fourth-order valence-corrected chi connectivity index (χ4v) is 4.28. The van der Waals surface area contributed by atoms with Crippen molar-refractivity contribution in [1.82, 2.24) is 15.2 Å². The molecule has 0 amide bonds. The maximum absolute atomic E-state index is 14.5. The lowest BCUT2D eigenvalue weighted by Gasteiger charge is -2.25. The number of methoxy groups -OCH3 is 1. The number of carbonyl (C=O) groups excluding carboxylic acids is 1. The number of nitrogens with one attached hydrogen (secondary N) is 1. The van der Waals surface area contributed by atoms with Crippen LogP contribution in [0.1, 0.15) is 30.0 Å². The number of halogens is 2. The van der Waals surface area contributed by atoms with E-state index < -0.39 is 0 Å². The number of nitrogens with zero attached hydrogens (tertiary/aromatic N) is 2. The maximum atomic E-state index is 14.5. The molecular weight excluding hydrogens is 485 g/mol. The molecule has 31 heavy (non-hydrogen) atoms. The summed E-state index contributed by atoms with van der Waals surface area (Å²) in [5.41, 5.74) is 1.14. The molecule has 160 valence electrons. The van der Waals surface area contributed by atoms with E-state index in [-0.39, 0.29) is 30.3 Å². The van der Waals surface area contributed by atoms with Crippen LogP contribution in [0.25, 0.3) is 11.3 Å². The third-order valence-corrected chi connectivity index (χ3v) is 5.94. The van der Waals surface area contributed by atoms with Gasteiger partial charge >= 0.3 is 5.97 Å². The summed E-state index contributed by atoms with van der Waals surface area (Å²) in [5.74, 6) is 0.273. The summed E-state index contributed by atoms with van der Waals surface area (Å²) in [4.78, 5) is 18.1. The lowest BCUT2D eigenvalue weighted by atomic mass is 10.0. The molecule has 1 aliphatic rings. The molecule has 3 aromatic rings. The zero-order chi connectivity index (χ0) is 22.0. The maximum Gasteiger partial charge on any atom is 0.307 e. The minimum absolute atomic E-state index is 0.165. The van der Waals surface area contributed by atoms with Crippen LogP contribution in [0.4, 0.5) is 4.39 Å². The van der Waals surface area contributed by atoms with E-state index in [4.69, 9.17) is 21.4 Å². The number of esters is 1. The lowest BCUT2D eigenvalue weighted by molar-refractivity contribution is -0.140. The monoisotopic (exact) mass is 503 g/mol. The minimum Gasteiger partial charge on any atom is -0.469 e. The first-order valence-corrected chi connectivity index (χ1v) is 10.8. The van der Waals surface area contributed by atoms with Gasteiger partial charge in [0.25, 0.3) is 0 Å². The molecule has 0 spiro atoms. The highest BCUT2D eigenvalue weighted by atomic mass is 79.9.